The number of hydrogen-bond acceptors (Lipinski definition) is 2. The molecule has 0 spiro atoms. The molecule has 0 unspecified atom stereocenters. The summed E-state index contributed by atoms with van der Waals surface area (Å²) in [6.07, 6.45) is 1.45. The van der Waals surface area contributed by atoms with Crippen molar-refractivity contribution in [2.24, 2.45) is 0 Å². The molecule has 0 radical (unpaired) electrons. The number of allylic oxidation sites excluding steroid dienone is 1. The largest absolute Gasteiger partial charge is 0.469 e. The van der Waals surface area contributed by atoms with E-state index in [1.807, 2.05) is 0 Å². The Balaban J connectivity index is 2.94. The zero-order chi connectivity index (χ0) is 8.43. The van der Waals surface area contributed by atoms with Gasteiger partial charge in [-0.1, -0.05) is 6.58 Å². The second-order valence-corrected chi connectivity index (χ2v) is 2.56. The average molecular weight is 150 g/mol. The molecule has 0 atom stereocenters. The Labute approximate surface area is 65.5 Å². The minimum absolute atomic E-state index is 0.0538. The lowest BCUT2D eigenvalue weighted by Gasteiger charge is -1.90. The monoisotopic (exact) mass is 150 g/mol. The highest BCUT2D eigenvalue weighted by Gasteiger charge is 2.07. The summed E-state index contributed by atoms with van der Waals surface area (Å²) in [5.41, 5.74) is 1.11. The summed E-state index contributed by atoms with van der Waals surface area (Å²) in [7, 11) is 0. The van der Waals surface area contributed by atoms with Crippen LogP contribution < -0.4 is 0 Å². The Hall–Kier alpha value is -1.31. The van der Waals surface area contributed by atoms with Crippen LogP contribution in [0.3, 0.4) is 0 Å². The predicted molar refractivity (Wildman–Crippen MR) is 42.6 cm³/mol. The fourth-order valence-corrected chi connectivity index (χ4v) is 0.809. The molecule has 0 saturated heterocycles. The van der Waals surface area contributed by atoms with Crippen LogP contribution in [0.15, 0.2) is 28.9 Å². The van der Waals surface area contributed by atoms with Gasteiger partial charge in [-0.25, -0.2) is 0 Å². The highest BCUT2D eigenvalue weighted by Crippen LogP contribution is 2.10. The van der Waals surface area contributed by atoms with Crippen LogP contribution in [0.1, 0.15) is 23.0 Å². The second kappa shape index (κ2) is 2.74. The Morgan fingerprint density at radius 2 is 2.27 bits per heavy atom. The first-order valence-corrected chi connectivity index (χ1v) is 3.36. The Morgan fingerprint density at radius 1 is 1.64 bits per heavy atom. The van der Waals surface area contributed by atoms with Crippen molar-refractivity contribution in [2.45, 2.75) is 13.8 Å². The molecule has 1 heterocycles. The van der Waals surface area contributed by atoms with E-state index in [2.05, 4.69) is 6.58 Å². The summed E-state index contributed by atoms with van der Waals surface area (Å²) in [6.45, 7) is 7.04. The number of rotatable bonds is 2. The van der Waals surface area contributed by atoms with Gasteiger partial charge in [-0.05, 0) is 25.5 Å². The van der Waals surface area contributed by atoms with E-state index >= 15 is 0 Å². The van der Waals surface area contributed by atoms with Crippen LogP contribution >= 0.6 is 0 Å². The van der Waals surface area contributed by atoms with Crippen molar-refractivity contribution in [3.8, 4) is 0 Å². The van der Waals surface area contributed by atoms with Gasteiger partial charge < -0.3 is 4.42 Å². The normalized spacial score (nSPS) is 9.64. The lowest BCUT2D eigenvalue weighted by molar-refractivity contribution is 0.103. The standard InChI is InChI=1S/C9H10O2/c1-6(2)9(10)8-4-7(3)11-5-8/h4-5H,1H2,2-3H3. The minimum atomic E-state index is -0.0538. The van der Waals surface area contributed by atoms with E-state index in [1.54, 1.807) is 19.9 Å². The highest BCUT2D eigenvalue weighted by atomic mass is 16.3. The summed E-state index contributed by atoms with van der Waals surface area (Å²) in [5.74, 6) is 0.691. The summed E-state index contributed by atoms with van der Waals surface area (Å²) in [4.78, 5) is 11.2. The Kier molecular flexibility index (Phi) is 1.94. The van der Waals surface area contributed by atoms with Gasteiger partial charge in [0.15, 0.2) is 5.78 Å². The molecule has 0 bridgehead atoms. The summed E-state index contributed by atoms with van der Waals surface area (Å²) < 4.78 is 4.97. The fraction of sp³-hybridized carbons (Fsp3) is 0.222. The van der Waals surface area contributed by atoms with Gasteiger partial charge in [0.2, 0.25) is 0 Å². The lowest BCUT2D eigenvalue weighted by Crippen LogP contribution is -1.96. The van der Waals surface area contributed by atoms with Crippen LogP contribution in [-0.4, -0.2) is 5.78 Å². The van der Waals surface area contributed by atoms with Gasteiger partial charge >= 0.3 is 0 Å². The Bertz CT molecular complexity index is 294. The van der Waals surface area contributed by atoms with Crippen molar-refractivity contribution < 1.29 is 9.21 Å². The summed E-state index contributed by atoms with van der Waals surface area (Å²) >= 11 is 0. The molecule has 0 N–H and O–H groups in total. The van der Waals surface area contributed by atoms with Gasteiger partial charge in [-0.15, -0.1) is 0 Å². The van der Waals surface area contributed by atoms with Crippen molar-refractivity contribution in [1.29, 1.82) is 0 Å². The van der Waals surface area contributed by atoms with Crippen molar-refractivity contribution in [3.05, 3.63) is 35.8 Å². The molecule has 0 aromatic carbocycles. The zero-order valence-corrected chi connectivity index (χ0v) is 6.68. The van der Waals surface area contributed by atoms with Crippen LogP contribution in [0.2, 0.25) is 0 Å². The van der Waals surface area contributed by atoms with Gasteiger partial charge in [0.25, 0.3) is 0 Å². The van der Waals surface area contributed by atoms with E-state index in [0.717, 1.165) is 5.76 Å². The molecule has 0 saturated carbocycles. The number of hydrogen-bond donors (Lipinski definition) is 0. The molecule has 0 aliphatic carbocycles. The van der Waals surface area contributed by atoms with Crippen molar-refractivity contribution in [1.82, 2.24) is 0 Å². The minimum Gasteiger partial charge on any atom is -0.469 e. The highest BCUT2D eigenvalue weighted by molar-refractivity contribution is 6.07. The number of aryl methyl sites for hydroxylation is 1. The molecule has 2 nitrogen and oxygen atoms in total. The molecule has 11 heavy (non-hydrogen) atoms. The molecule has 1 aromatic heterocycles. The third kappa shape index (κ3) is 1.58. The smallest absolute Gasteiger partial charge is 0.191 e. The first-order valence-electron chi connectivity index (χ1n) is 3.36. The maximum atomic E-state index is 11.2. The molecule has 0 amide bonds. The number of furan rings is 1. The maximum absolute atomic E-state index is 11.2. The second-order valence-electron chi connectivity index (χ2n) is 2.56. The molecule has 58 valence electrons. The van der Waals surface area contributed by atoms with E-state index in [0.29, 0.717) is 11.1 Å². The maximum Gasteiger partial charge on any atom is 0.191 e. The molecule has 0 fully saturated rings. The number of carbonyl (C=O) groups excluding carboxylic acids is 1. The van der Waals surface area contributed by atoms with Gasteiger partial charge in [0.1, 0.15) is 12.0 Å². The lowest BCUT2D eigenvalue weighted by atomic mass is 10.1. The van der Waals surface area contributed by atoms with Gasteiger partial charge in [0.05, 0.1) is 5.56 Å². The van der Waals surface area contributed by atoms with E-state index in [-0.39, 0.29) is 5.78 Å². The molecule has 1 rings (SSSR count). The van der Waals surface area contributed by atoms with Gasteiger partial charge in [0, 0.05) is 0 Å². The topological polar surface area (TPSA) is 30.2 Å². The SMILES string of the molecule is C=C(C)C(=O)c1coc(C)c1. The first-order chi connectivity index (χ1) is 5.11. The fourth-order valence-electron chi connectivity index (χ4n) is 0.809. The number of Topliss-reactive ketones (excluding diaryl/α,β-unsaturated/α-hetero) is 1. The van der Waals surface area contributed by atoms with Crippen LogP contribution in [0.4, 0.5) is 0 Å². The quantitative estimate of drug-likeness (QED) is 0.478. The third-order valence-corrected chi connectivity index (χ3v) is 1.38. The number of ketones is 1. The molecule has 2 heteroatoms. The van der Waals surface area contributed by atoms with Gasteiger partial charge in [-0.3, -0.25) is 4.79 Å². The average Bonchev–Trinajstić information content (AvgIpc) is 2.34. The zero-order valence-electron chi connectivity index (χ0n) is 6.68. The van der Waals surface area contributed by atoms with Gasteiger partial charge in [-0.2, -0.15) is 0 Å². The predicted octanol–water partition coefficient (Wildman–Crippen LogP) is 2.35. The van der Waals surface area contributed by atoms with Crippen LogP contribution in [0, 0.1) is 6.92 Å². The van der Waals surface area contributed by atoms with E-state index in [4.69, 9.17) is 4.42 Å². The molecule has 0 aliphatic heterocycles. The van der Waals surface area contributed by atoms with E-state index in [9.17, 15) is 4.79 Å². The van der Waals surface area contributed by atoms with E-state index in [1.165, 1.54) is 6.26 Å². The number of carbonyl (C=O) groups is 1. The third-order valence-electron chi connectivity index (χ3n) is 1.38. The van der Waals surface area contributed by atoms with Crippen molar-refractivity contribution >= 4 is 5.78 Å². The van der Waals surface area contributed by atoms with Crippen LogP contribution in [-0.2, 0) is 0 Å². The summed E-state index contributed by atoms with van der Waals surface area (Å²) in [5, 5.41) is 0. The molecular weight excluding hydrogens is 140 g/mol. The van der Waals surface area contributed by atoms with E-state index < -0.39 is 0 Å². The molecule has 1 aromatic rings. The summed E-state index contributed by atoms with van der Waals surface area (Å²) in [6, 6.07) is 1.71. The van der Waals surface area contributed by atoms with Crippen molar-refractivity contribution in [2.75, 3.05) is 0 Å². The van der Waals surface area contributed by atoms with Crippen molar-refractivity contribution in [3.63, 3.8) is 0 Å². The van der Waals surface area contributed by atoms with Crippen LogP contribution in [0.5, 0.6) is 0 Å². The molecular formula is C9H10O2. The first kappa shape index (κ1) is 7.79. The Morgan fingerprint density at radius 3 is 2.64 bits per heavy atom. The van der Waals surface area contributed by atoms with Crippen LogP contribution in [0.25, 0.3) is 0 Å². The molecule has 0 aliphatic rings.